The highest BCUT2D eigenvalue weighted by molar-refractivity contribution is 8.00. The van der Waals surface area contributed by atoms with E-state index in [1.54, 1.807) is 6.07 Å². The molecule has 0 aliphatic heterocycles. The number of imide groups is 1. The van der Waals surface area contributed by atoms with Gasteiger partial charge in [-0.05, 0) is 24.6 Å². The molecule has 6 heteroatoms. The normalized spacial score (nSPS) is 9.74. The average molecular weight is 279 g/mol. The Bertz CT molecular complexity index is 489. The first-order valence-electron chi connectivity index (χ1n) is 5.70. The maximum Gasteiger partial charge on any atom is 0.321 e. The summed E-state index contributed by atoms with van der Waals surface area (Å²) in [4.78, 5) is 23.6. The molecule has 0 heterocycles. The maximum absolute atomic E-state index is 11.5. The lowest BCUT2D eigenvalue weighted by molar-refractivity contribution is -0.117. The third-order valence-electron chi connectivity index (χ3n) is 2.19. The summed E-state index contributed by atoms with van der Waals surface area (Å²) in [7, 11) is 0. The van der Waals surface area contributed by atoms with Crippen LogP contribution in [0.5, 0.6) is 0 Å². The highest BCUT2D eigenvalue weighted by atomic mass is 32.2. The molecule has 102 valence electrons. The monoisotopic (exact) mass is 279 g/mol. The van der Waals surface area contributed by atoms with Crippen LogP contribution in [0.3, 0.4) is 0 Å². The number of rotatable bonds is 5. The Hall–Kier alpha value is -1.95. The Labute approximate surface area is 116 Å². The Morgan fingerprint density at radius 1 is 1.47 bits per heavy atom. The predicted octanol–water partition coefficient (Wildman–Crippen LogP) is 1.68. The zero-order valence-corrected chi connectivity index (χ0v) is 11.5. The minimum absolute atomic E-state index is 0.134. The average Bonchev–Trinajstić information content (AvgIpc) is 2.37. The third-order valence-corrected chi connectivity index (χ3v) is 3.26. The van der Waals surface area contributed by atoms with E-state index in [-0.39, 0.29) is 11.7 Å². The third kappa shape index (κ3) is 5.48. The van der Waals surface area contributed by atoms with Crippen LogP contribution >= 0.6 is 11.8 Å². The number of nitrogens with one attached hydrogen (secondary N) is 2. The lowest BCUT2D eigenvalue weighted by atomic mass is 10.2. The molecule has 5 nitrogen and oxygen atoms in total. The molecular formula is C13H17N3O2S. The molecule has 1 aromatic rings. The quantitative estimate of drug-likeness (QED) is 0.435. The summed E-state index contributed by atoms with van der Waals surface area (Å²) in [5, 5.41) is 4.68. The Morgan fingerprint density at radius 3 is 2.89 bits per heavy atom. The van der Waals surface area contributed by atoms with Crippen molar-refractivity contribution in [1.82, 2.24) is 10.6 Å². The van der Waals surface area contributed by atoms with E-state index in [0.29, 0.717) is 12.2 Å². The summed E-state index contributed by atoms with van der Waals surface area (Å²) in [6, 6.07) is 5.09. The minimum Gasteiger partial charge on any atom is -0.398 e. The number of amides is 3. The molecule has 0 fully saturated rings. The molecule has 0 spiro atoms. The van der Waals surface area contributed by atoms with Gasteiger partial charge in [0.05, 0.1) is 5.75 Å². The first-order chi connectivity index (χ1) is 9.02. The van der Waals surface area contributed by atoms with Crippen molar-refractivity contribution in [3.05, 3.63) is 36.4 Å². The van der Waals surface area contributed by atoms with E-state index in [2.05, 4.69) is 17.2 Å². The van der Waals surface area contributed by atoms with Gasteiger partial charge in [0.2, 0.25) is 5.91 Å². The summed E-state index contributed by atoms with van der Waals surface area (Å²) in [5.41, 5.74) is 7.49. The number of hydrogen-bond acceptors (Lipinski definition) is 4. The van der Waals surface area contributed by atoms with E-state index < -0.39 is 6.03 Å². The van der Waals surface area contributed by atoms with Gasteiger partial charge in [-0.3, -0.25) is 10.1 Å². The molecule has 0 unspecified atom stereocenters. The number of carbonyl (C=O) groups is 2. The van der Waals surface area contributed by atoms with Crippen LogP contribution in [0.4, 0.5) is 10.5 Å². The van der Waals surface area contributed by atoms with Crippen molar-refractivity contribution in [2.24, 2.45) is 0 Å². The zero-order valence-electron chi connectivity index (χ0n) is 10.7. The lowest BCUT2D eigenvalue weighted by Crippen LogP contribution is -2.40. The standard InChI is InChI=1S/C13H17N3O2S/c1-3-6-15-13(18)16-12(17)8-19-11-7-9(2)4-5-10(11)14/h3-5,7H,1,6,8,14H2,2H3,(H2,15,16,17,18). The molecule has 0 radical (unpaired) electrons. The number of nitrogen functional groups attached to an aromatic ring is 1. The van der Waals surface area contributed by atoms with Crippen molar-refractivity contribution in [2.75, 3.05) is 18.0 Å². The molecule has 0 bridgehead atoms. The fourth-order valence-electron chi connectivity index (χ4n) is 1.28. The molecule has 0 saturated carbocycles. The maximum atomic E-state index is 11.5. The molecule has 1 aromatic carbocycles. The molecule has 4 N–H and O–H groups in total. The van der Waals surface area contributed by atoms with Crippen molar-refractivity contribution >= 4 is 29.4 Å². The van der Waals surface area contributed by atoms with E-state index in [1.807, 2.05) is 19.1 Å². The van der Waals surface area contributed by atoms with Gasteiger partial charge in [-0.1, -0.05) is 12.1 Å². The molecule has 0 aliphatic carbocycles. The fourth-order valence-corrected chi connectivity index (χ4v) is 2.14. The molecule has 0 aliphatic rings. The fraction of sp³-hybridized carbons (Fsp3) is 0.231. The van der Waals surface area contributed by atoms with Crippen LogP contribution in [0.2, 0.25) is 0 Å². The molecule has 19 heavy (non-hydrogen) atoms. The van der Waals surface area contributed by atoms with Crippen LogP contribution in [0.25, 0.3) is 0 Å². The summed E-state index contributed by atoms with van der Waals surface area (Å²) >= 11 is 1.30. The second kappa shape index (κ2) is 7.48. The Kier molecular flexibility index (Phi) is 5.95. The topological polar surface area (TPSA) is 84.2 Å². The molecule has 0 saturated heterocycles. The van der Waals surface area contributed by atoms with Crippen molar-refractivity contribution < 1.29 is 9.59 Å². The predicted molar refractivity (Wildman–Crippen MR) is 78.1 cm³/mol. The lowest BCUT2D eigenvalue weighted by Gasteiger charge is -2.07. The highest BCUT2D eigenvalue weighted by Gasteiger charge is 2.08. The number of anilines is 1. The van der Waals surface area contributed by atoms with Crippen LogP contribution in [-0.2, 0) is 4.79 Å². The van der Waals surface area contributed by atoms with E-state index in [9.17, 15) is 9.59 Å². The van der Waals surface area contributed by atoms with Gasteiger partial charge in [-0.2, -0.15) is 0 Å². The van der Waals surface area contributed by atoms with Crippen molar-refractivity contribution in [1.29, 1.82) is 0 Å². The zero-order chi connectivity index (χ0) is 14.3. The van der Waals surface area contributed by atoms with Crippen molar-refractivity contribution in [2.45, 2.75) is 11.8 Å². The number of thioether (sulfide) groups is 1. The van der Waals surface area contributed by atoms with Crippen LogP contribution in [0, 0.1) is 6.92 Å². The van der Waals surface area contributed by atoms with Gasteiger partial charge in [0.25, 0.3) is 0 Å². The second-order valence-electron chi connectivity index (χ2n) is 3.88. The van der Waals surface area contributed by atoms with Gasteiger partial charge in [0.15, 0.2) is 0 Å². The van der Waals surface area contributed by atoms with E-state index >= 15 is 0 Å². The number of benzene rings is 1. The largest absolute Gasteiger partial charge is 0.398 e. The van der Waals surface area contributed by atoms with Crippen molar-refractivity contribution in [3.63, 3.8) is 0 Å². The summed E-state index contributed by atoms with van der Waals surface area (Å²) in [5.74, 6) is -0.234. The number of hydrogen-bond donors (Lipinski definition) is 3. The van der Waals surface area contributed by atoms with E-state index in [4.69, 9.17) is 5.73 Å². The summed E-state index contributed by atoms with van der Waals surface area (Å²) < 4.78 is 0. The number of carbonyl (C=O) groups excluding carboxylic acids is 2. The molecule has 0 aromatic heterocycles. The van der Waals surface area contributed by atoms with Gasteiger partial charge >= 0.3 is 6.03 Å². The number of aryl methyl sites for hydroxylation is 1. The first-order valence-corrected chi connectivity index (χ1v) is 6.69. The number of nitrogens with two attached hydrogens (primary N) is 1. The summed E-state index contributed by atoms with van der Waals surface area (Å²) in [6.07, 6.45) is 1.53. The molecule has 3 amide bonds. The minimum atomic E-state index is -0.525. The van der Waals surface area contributed by atoms with E-state index in [1.165, 1.54) is 17.8 Å². The SMILES string of the molecule is C=CCNC(=O)NC(=O)CSc1cc(C)ccc1N. The van der Waals surface area contributed by atoms with Gasteiger partial charge in [0, 0.05) is 17.1 Å². The Morgan fingerprint density at radius 2 is 2.21 bits per heavy atom. The molecule has 1 rings (SSSR count). The van der Waals surface area contributed by atoms with Gasteiger partial charge in [-0.15, -0.1) is 18.3 Å². The van der Waals surface area contributed by atoms with Crippen LogP contribution in [0.1, 0.15) is 5.56 Å². The van der Waals surface area contributed by atoms with Gasteiger partial charge in [0.1, 0.15) is 0 Å². The molecule has 0 atom stereocenters. The highest BCUT2D eigenvalue weighted by Crippen LogP contribution is 2.25. The number of urea groups is 1. The van der Waals surface area contributed by atoms with Crippen LogP contribution in [-0.4, -0.2) is 24.2 Å². The van der Waals surface area contributed by atoms with Gasteiger partial charge in [-0.25, -0.2) is 4.79 Å². The Balaban J connectivity index is 2.43. The first kappa shape index (κ1) is 15.1. The second-order valence-corrected chi connectivity index (χ2v) is 4.89. The van der Waals surface area contributed by atoms with Crippen molar-refractivity contribution in [3.8, 4) is 0 Å². The van der Waals surface area contributed by atoms with E-state index in [0.717, 1.165) is 10.5 Å². The summed E-state index contributed by atoms with van der Waals surface area (Å²) in [6.45, 7) is 5.73. The van der Waals surface area contributed by atoms with Gasteiger partial charge < -0.3 is 11.1 Å². The molecular weight excluding hydrogens is 262 g/mol. The van der Waals surface area contributed by atoms with Crippen LogP contribution in [0.15, 0.2) is 35.7 Å². The van der Waals surface area contributed by atoms with Crippen LogP contribution < -0.4 is 16.4 Å². The smallest absolute Gasteiger partial charge is 0.321 e.